The number of rotatable bonds is 4. The smallest absolute Gasteiger partial charge is 0.267 e. The van der Waals surface area contributed by atoms with Crippen LogP contribution >= 0.6 is 0 Å². The monoisotopic (exact) mass is 340 g/mol. The summed E-state index contributed by atoms with van der Waals surface area (Å²) in [5.74, 6) is 1.11. The van der Waals surface area contributed by atoms with Gasteiger partial charge in [0.05, 0.1) is 12.8 Å². The van der Waals surface area contributed by atoms with Gasteiger partial charge >= 0.3 is 0 Å². The summed E-state index contributed by atoms with van der Waals surface area (Å²) in [6.07, 6.45) is -0.488. The number of ether oxygens (including phenoxy) is 2. The molecule has 0 aliphatic carbocycles. The first-order valence-electron chi connectivity index (χ1n) is 7.99. The Morgan fingerprint density at radius 3 is 2.64 bits per heavy atom. The zero-order valence-corrected chi connectivity index (χ0v) is 14.4. The van der Waals surface area contributed by atoms with Gasteiger partial charge in [-0.2, -0.15) is 0 Å². The Balaban J connectivity index is 1.69. The molecular weight excluding hydrogens is 320 g/mol. The van der Waals surface area contributed by atoms with Gasteiger partial charge in [0, 0.05) is 19.2 Å². The molecule has 25 heavy (non-hydrogen) atoms. The van der Waals surface area contributed by atoms with E-state index in [1.54, 1.807) is 50.2 Å². The van der Waals surface area contributed by atoms with Crippen molar-refractivity contribution in [2.45, 2.75) is 19.6 Å². The van der Waals surface area contributed by atoms with Crippen molar-refractivity contribution in [3.05, 3.63) is 53.6 Å². The summed E-state index contributed by atoms with van der Waals surface area (Å²) in [6.45, 7) is 2.08. The van der Waals surface area contributed by atoms with Gasteiger partial charge in [-0.05, 0) is 48.9 Å². The van der Waals surface area contributed by atoms with Crippen molar-refractivity contribution in [2.75, 3.05) is 19.1 Å². The Morgan fingerprint density at radius 1 is 1.24 bits per heavy atom. The number of carbonyl (C=O) groups excluding carboxylic acids is 2. The lowest BCUT2D eigenvalue weighted by Crippen LogP contribution is -2.42. The molecule has 0 spiro atoms. The van der Waals surface area contributed by atoms with Crippen molar-refractivity contribution in [1.29, 1.82) is 0 Å². The first kappa shape index (κ1) is 16.8. The second kappa shape index (κ2) is 6.84. The number of amides is 2. The average Bonchev–Trinajstić information content (AvgIpc) is 2.64. The van der Waals surface area contributed by atoms with E-state index in [1.165, 1.54) is 0 Å². The number of fused-ring (bicyclic) bond motifs is 1. The van der Waals surface area contributed by atoms with Crippen molar-refractivity contribution >= 4 is 17.5 Å². The minimum absolute atomic E-state index is 0.0908. The molecule has 1 atom stereocenters. The maximum atomic E-state index is 12.2. The first-order valence-corrected chi connectivity index (χ1v) is 7.99. The Hall–Kier alpha value is -3.02. The summed E-state index contributed by atoms with van der Waals surface area (Å²) in [4.78, 5) is 25.8. The summed E-state index contributed by atoms with van der Waals surface area (Å²) in [5, 5.41) is 2.87. The molecule has 1 aliphatic heterocycles. The van der Waals surface area contributed by atoms with Gasteiger partial charge in [0.15, 0.2) is 6.10 Å². The number of benzene rings is 2. The number of carbonyl (C=O) groups is 2. The minimum atomic E-state index is -0.488. The predicted octanol–water partition coefficient (Wildman–Crippen LogP) is 2.37. The zero-order chi connectivity index (χ0) is 18.0. The first-order chi connectivity index (χ1) is 12.0. The molecular formula is C19H20N2O4. The fourth-order valence-electron chi connectivity index (χ4n) is 2.69. The van der Waals surface area contributed by atoms with Crippen LogP contribution in [0.4, 0.5) is 5.69 Å². The molecule has 0 bridgehead atoms. The van der Waals surface area contributed by atoms with Crippen molar-refractivity contribution in [2.24, 2.45) is 0 Å². The fourth-order valence-corrected chi connectivity index (χ4v) is 2.69. The van der Waals surface area contributed by atoms with Crippen LogP contribution in [0.1, 0.15) is 22.8 Å². The van der Waals surface area contributed by atoms with Gasteiger partial charge in [-0.15, -0.1) is 0 Å². The highest BCUT2D eigenvalue weighted by Crippen LogP contribution is 2.33. The van der Waals surface area contributed by atoms with Gasteiger partial charge < -0.3 is 19.7 Å². The molecule has 1 aliphatic rings. The third kappa shape index (κ3) is 3.42. The molecule has 0 radical (unpaired) electrons. The zero-order valence-electron chi connectivity index (χ0n) is 14.4. The van der Waals surface area contributed by atoms with Crippen LogP contribution < -0.4 is 19.7 Å². The lowest BCUT2D eigenvalue weighted by atomic mass is 10.1. The van der Waals surface area contributed by atoms with Gasteiger partial charge in [0.2, 0.25) is 0 Å². The van der Waals surface area contributed by atoms with E-state index >= 15 is 0 Å². The van der Waals surface area contributed by atoms with E-state index in [-0.39, 0.29) is 11.8 Å². The van der Waals surface area contributed by atoms with Gasteiger partial charge in [0.25, 0.3) is 11.8 Å². The highest BCUT2D eigenvalue weighted by Gasteiger charge is 2.28. The van der Waals surface area contributed by atoms with Gasteiger partial charge in [-0.25, -0.2) is 0 Å². The number of likely N-dealkylation sites (N-methyl/N-ethyl adjacent to an activating group) is 1. The third-order valence-corrected chi connectivity index (χ3v) is 4.17. The molecule has 1 unspecified atom stereocenters. The topological polar surface area (TPSA) is 67.9 Å². The second-order valence-corrected chi connectivity index (χ2v) is 5.87. The maximum absolute atomic E-state index is 12.2. The summed E-state index contributed by atoms with van der Waals surface area (Å²) in [6, 6.07) is 12.5. The van der Waals surface area contributed by atoms with Crippen molar-refractivity contribution in [3.8, 4) is 11.5 Å². The molecule has 0 saturated heterocycles. The Kier molecular flexibility index (Phi) is 4.61. The summed E-state index contributed by atoms with van der Waals surface area (Å²) in [7, 11) is 3.30. The molecule has 1 N–H and O–H groups in total. The van der Waals surface area contributed by atoms with Crippen molar-refractivity contribution in [3.63, 3.8) is 0 Å². The summed E-state index contributed by atoms with van der Waals surface area (Å²) >= 11 is 0. The number of nitrogens with one attached hydrogen (secondary N) is 1. The van der Waals surface area contributed by atoms with E-state index in [0.29, 0.717) is 29.3 Å². The van der Waals surface area contributed by atoms with Crippen LogP contribution in [0.2, 0.25) is 0 Å². The van der Waals surface area contributed by atoms with Crippen LogP contribution in [0.3, 0.4) is 0 Å². The molecule has 6 heteroatoms. The Morgan fingerprint density at radius 2 is 1.96 bits per heavy atom. The molecule has 0 saturated carbocycles. The van der Waals surface area contributed by atoms with E-state index in [1.807, 2.05) is 18.2 Å². The largest absolute Gasteiger partial charge is 0.497 e. The van der Waals surface area contributed by atoms with E-state index < -0.39 is 6.10 Å². The number of nitrogens with zero attached hydrogens (tertiary/aromatic N) is 1. The van der Waals surface area contributed by atoms with Crippen LogP contribution in [0.5, 0.6) is 11.5 Å². The standard InChI is InChI=1S/C19H20N2O4/c1-12-19(23)21(2)16-10-13(4-9-17(16)25-12)11-20-18(22)14-5-7-15(24-3)8-6-14/h4-10,12H,11H2,1-3H3,(H,20,22). The van der Waals surface area contributed by atoms with E-state index in [2.05, 4.69) is 5.32 Å². The molecule has 2 aromatic carbocycles. The maximum Gasteiger partial charge on any atom is 0.267 e. The minimum Gasteiger partial charge on any atom is -0.497 e. The summed E-state index contributed by atoms with van der Waals surface area (Å²) < 4.78 is 10.7. The van der Waals surface area contributed by atoms with E-state index in [0.717, 1.165) is 5.56 Å². The van der Waals surface area contributed by atoms with E-state index in [4.69, 9.17) is 9.47 Å². The van der Waals surface area contributed by atoms with Crippen molar-refractivity contribution in [1.82, 2.24) is 5.32 Å². The number of hydrogen-bond acceptors (Lipinski definition) is 4. The highest BCUT2D eigenvalue weighted by atomic mass is 16.5. The molecule has 3 rings (SSSR count). The second-order valence-electron chi connectivity index (χ2n) is 5.87. The predicted molar refractivity (Wildman–Crippen MR) is 94.1 cm³/mol. The van der Waals surface area contributed by atoms with E-state index in [9.17, 15) is 9.59 Å². The van der Waals surface area contributed by atoms with Gasteiger partial charge in [-0.3, -0.25) is 9.59 Å². The Labute approximate surface area is 146 Å². The van der Waals surface area contributed by atoms with Crippen LogP contribution in [-0.2, 0) is 11.3 Å². The number of hydrogen-bond donors (Lipinski definition) is 1. The quantitative estimate of drug-likeness (QED) is 0.928. The molecule has 6 nitrogen and oxygen atoms in total. The molecule has 1 heterocycles. The molecule has 2 amide bonds. The number of anilines is 1. The molecule has 2 aromatic rings. The third-order valence-electron chi connectivity index (χ3n) is 4.17. The number of methoxy groups -OCH3 is 1. The van der Waals surface area contributed by atoms with Crippen LogP contribution in [0.15, 0.2) is 42.5 Å². The lowest BCUT2D eigenvalue weighted by Gasteiger charge is -2.30. The summed E-state index contributed by atoms with van der Waals surface area (Å²) in [5.41, 5.74) is 2.15. The van der Waals surface area contributed by atoms with Gasteiger partial charge in [-0.1, -0.05) is 6.07 Å². The fraction of sp³-hybridized carbons (Fsp3) is 0.263. The van der Waals surface area contributed by atoms with Gasteiger partial charge in [0.1, 0.15) is 11.5 Å². The lowest BCUT2D eigenvalue weighted by molar-refractivity contribution is -0.125. The molecule has 0 aromatic heterocycles. The SMILES string of the molecule is COc1ccc(C(=O)NCc2ccc3c(c2)N(C)C(=O)C(C)O3)cc1. The van der Waals surface area contributed by atoms with Crippen LogP contribution in [-0.4, -0.2) is 32.1 Å². The van der Waals surface area contributed by atoms with Crippen molar-refractivity contribution < 1.29 is 19.1 Å². The average molecular weight is 340 g/mol. The normalized spacial score (nSPS) is 16.0. The van der Waals surface area contributed by atoms with Crippen LogP contribution in [0.25, 0.3) is 0 Å². The molecule has 130 valence electrons. The Bertz CT molecular complexity index is 802. The highest BCUT2D eigenvalue weighted by molar-refractivity contribution is 5.99. The molecule has 0 fully saturated rings. The van der Waals surface area contributed by atoms with Crippen LogP contribution in [0, 0.1) is 0 Å².